The number of hydrogen-bond acceptors (Lipinski definition) is 4. The van der Waals surface area contributed by atoms with E-state index in [2.05, 4.69) is 21.2 Å². The molecule has 0 saturated carbocycles. The molecular weight excluding hydrogens is 543 g/mol. The molecule has 2 atom stereocenters. The Morgan fingerprint density at radius 1 is 1.20 bits per heavy atom. The Bertz CT molecular complexity index is 1100. The summed E-state index contributed by atoms with van der Waals surface area (Å²) in [4.78, 5) is 24.4. The van der Waals surface area contributed by atoms with E-state index in [1.165, 1.54) is 6.92 Å². The second-order valence-electron chi connectivity index (χ2n) is 8.00. The fourth-order valence-electron chi connectivity index (χ4n) is 3.82. The number of benzene rings is 2. The zero-order valence-electron chi connectivity index (χ0n) is 18.4. The van der Waals surface area contributed by atoms with E-state index in [4.69, 9.17) is 4.74 Å². The van der Waals surface area contributed by atoms with Crippen LogP contribution in [0, 0.1) is 11.6 Å². The smallest absolute Gasteiger partial charge is 0.408 e. The van der Waals surface area contributed by atoms with E-state index in [1.54, 1.807) is 12.1 Å². The maximum atomic E-state index is 14.6. The second kappa shape index (κ2) is 10.8. The monoisotopic (exact) mass is 564 g/mol. The van der Waals surface area contributed by atoms with Crippen molar-refractivity contribution in [3.63, 3.8) is 0 Å². The Hall–Kier alpha value is -2.89. The molecule has 2 aromatic carbocycles. The van der Waals surface area contributed by atoms with Crippen molar-refractivity contribution in [2.75, 3.05) is 11.9 Å². The van der Waals surface area contributed by atoms with Crippen molar-refractivity contribution in [2.45, 2.75) is 50.9 Å². The lowest BCUT2D eigenvalue weighted by atomic mass is 9.95. The molecule has 0 aliphatic carbocycles. The highest BCUT2D eigenvalue weighted by Gasteiger charge is 2.38. The van der Waals surface area contributed by atoms with Crippen LogP contribution in [0.15, 0.2) is 28.7 Å². The SMILES string of the molecule is CC[C@@H](Nc1cc(F)c(C(=O)N[C@@H](Cc2ccc(Br)c3c2CCCO3)C(=O)O)c(F)c1)C(F)(F)F. The minimum absolute atomic E-state index is 0.174. The molecule has 0 fully saturated rings. The van der Waals surface area contributed by atoms with Gasteiger partial charge in [0.2, 0.25) is 0 Å². The van der Waals surface area contributed by atoms with Gasteiger partial charge < -0.3 is 20.5 Å². The number of carbonyl (C=O) groups excluding carboxylic acids is 1. The molecule has 0 radical (unpaired) electrons. The topological polar surface area (TPSA) is 87.7 Å². The Labute approximate surface area is 206 Å². The maximum Gasteiger partial charge on any atom is 0.408 e. The van der Waals surface area contributed by atoms with Crippen molar-refractivity contribution in [1.29, 1.82) is 0 Å². The number of anilines is 1. The van der Waals surface area contributed by atoms with Crippen molar-refractivity contribution in [2.24, 2.45) is 0 Å². The average Bonchev–Trinajstić information content (AvgIpc) is 2.77. The lowest BCUT2D eigenvalue weighted by Gasteiger charge is -2.23. The highest BCUT2D eigenvalue weighted by molar-refractivity contribution is 9.10. The van der Waals surface area contributed by atoms with Gasteiger partial charge in [0.15, 0.2) is 0 Å². The van der Waals surface area contributed by atoms with Gasteiger partial charge in [-0.3, -0.25) is 4.79 Å². The first-order valence-electron chi connectivity index (χ1n) is 10.7. The molecule has 0 bridgehead atoms. The molecule has 1 aliphatic rings. The number of hydrogen-bond donors (Lipinski definition) is 3. The highest BCUT2D eigenvalue weighted by Crippen LogP contribution is 2.36. The number of rotatable bonds is 8. The van der Waals surface area contributed by atoms with Crippen molar-refractivity contribution in [3.05, 3.63) is 57.1 Å². The fourth-order valence-corrected chi connectivity index (χ4v) is 4.31. The van der Waals surface area contributed by atoms with Gasteiger partial charge >= 0.3 is 12.1 Å². The van der Waals surface area contributed by atoms with Gasteiger partial charge in [-0.1, -0.05) is 13.0 Å². The molecule has 1 heterocycles. The fraction of sp³-hybridized carbons (Fsp3) is 0.391. The van der Waals surface area contributed by atoms with Crippen LogP contribution in [0.1, 0.15) is 41.3 Å². The number of carbonyl (C=O) groups is 2. The Kier molecular flexibility index (Phi) is 8.24. The molecule has 0 saturated heterocycles. The summed E-state index contributed by atoms with van der Waals surface area (Å²) in [6, 6.07) is 0.899. The van der Waals surface area contributed by atoms with E-state index in [1.807, 2.05) is 5.32 Å². The van der Waals surface area contributed by atoms with E-state index < -0.39 is 53.0 Å². The number of alkyl halides is 3. The standard InChI is InChI=1S/C23H22BrF5N2O4/c1-2-18(23(27,28)29)30-12-9-15(25)19(16(26)10-12)21(32)31-17(22(33)34)8-11-5-6-14(24)20-13(11)4-3-7-35-20/h5-6,9-10,17-18,30H,2-4,7-8H2,1H3,(H,31,32)(H,33,34)/t17-,18+/m0/s1. The molecule has 1 amide bonds. The third-order valence-corrected chi connectivity index (χ3v) is 6.19. The minimum atomic E-state index is -4.65. The van der Waals surface area contributed by atoms with Crippen LogP contribution in [0.4, 0.5) is 27.6 Å². The molecule has 6 nitrogen and oxygen atoms in total. The van der Waals surface area contributed by atoms with Gasteiger partial charge in [-0.05, 0) is 64.5 Å². The van der Waals surface area contributed by atoms with Crippen molar-refractivity contribution < 1.29 is 41.4 Å². The summed E-state index contributed by atoms with van der Waals surface area (Å²) in [5, 5.41) is 13.7. The van der Waals surface area contributed by atoms with E-state index >= 15 is 0 Å². The number of carboxylic acids is 1. The molecule has 0 spiro atoms. The van der Waals surface area contributed by atoms with Crippen LogP contribution in [0.3, 0.4) is 0 Å². The van der Waals surface area contributed by atoms with Gasteiger partial charge in [-0.25, -0.2) is 13.6 Å². The molecule has 1 aliphatic heterocycles. The van der Waals surface area contributed by atoms with Crippen LogP contribution in [0.2, 0.25) is 0 Å². The van der Waals surface area contributed by atoms with Gasteiger partial charge in [0.1, 0.15) is 35.0 Å². The van der Waals surface area contributed by atoms with Gasteiger partial charge in [-0.15, -0.1) is 0 Å². The zero-order chi connectivity index (χ0) is 25.9. The number of halogens is 6. The molecule has 35 heavy (non-hydrogen) atoms. The minimum Gasteiger partial charge on any atom is -0.492 e. The molecule has 12 heteroatoms. The largest absolute Gasteiger partial charge is 0.492 e. The van der Waals surface area contributed by atoms with E-state index in [0.29, 0.717) is 47.4 Å². The molecule has 2 aromatic rings. The summed E-state index contributed by atoms with van der Waals surface area (Å²) in [6.07, 6.45) is -3.88. The molecule has 190 valence electrons. The lowest BCUT2D eigenvalue weighted by Crippen LogP contribution is -2.43. The van der Waals surface area contributed by atoms with Crippen LogP contribution in [-0.4, -0.2) is 41.8 Å². The molecule has 3 rings (SSSR count). The predicted octanol–water partition coefficient (Wildman–Crippen LogP) is 5.23. The summed E-state index contributed by atoms with van der Waals surface area (Å²) >= 11 is 3.37. The van der Waals surface area contributed by atoms with Gasteiger partial charge in [0.05, 0.1) is 11.1 Å². The summed E-state index contributed by atoms with van der Waals surface area (Å²) in [5.41, 5.74) is -0.233. The van der Waals surface area contributed by atoms with Crippen molar-refractivity contribution >= 4 is 33.5 Å². The third-order valence-electron chi connectivity index (χ3n) is 5.57. The van der Waals surface area contributed by atoms with Gasteiger partial charge in [0, 0.05) is 12.1 Å². The summed E-state index contributed by atoms with van der Waals surface area (Å²) in [5.74, 6) is -5.05. The number of ether oxygens (including phenoxy) is 1. The first-order chi connectivity index (χ1) is 16.4. The lowest BCUT2D eigenvalue weighted by molar-refractivity contribution is -0.143. The van der Waals surface area contributed by atoms with Crippen molar-refractivity contribution in [3.8, 4) is 5.75 Å². The third kappa shape index (κ3) is 6.22. The Morgan fingerprint density at radius 3 is 2.43 bits per heavy atom. The first-order valence-corrected chi connectivity index (χ1v) is 11.5. The number of nitrogens with one attached hydrogen (secondary N) is 2. The van der Waals surface area contributed by atoms with E-state index in [-0.39, 0.29) is 12.8 Å². The average molecular weight is 565 g/mol. The van der Waals surface area contributed by atoms with Crippen LogP contribution in [0.25, 0.3) is 0 Å². The maximum absolute atomic E-state index is 14.6. The molecular formula is C23H22BrF5N2O4. The summed E-state index contributed by atoms with van der Waals surface area (Å²) in [6.45, 7) is 1.75. The quantitative estimate of drug-likeness (QED) is 0.382. The summed E-state index contributed by atoms with van der Waals surface area (Å²) < 4.78 is 74.3. The Morgan fingerprint density at radius 2 is 1.86 bits per heavy atom. The number of aliphatic carboxylic acids is 1. The molecule has 0 aromatic heterocycles. The second-order valence-corrected chi connectivity index (χ2v) is 8.85. The van der Waals surface area contributed by atoms with E-state index in [0.717, 1.165) is 5.56 Å². The Balaban J connectivity index is 1.82. The first kappa shape index (κ1) is 26.7. The normalized spacial score (nSPS) is 14.9. The van der Waals surface area contributed by atoms with Crippen LogP contribution < -0.4 is 15.4 Å². The molecule has 0 unspecified atom stereocenters. The van der Waals surface area contributed by atoms with Crippen LogP contribution >= 0.6 is 15.9 Å². The van der Waals surface area contributed by atoms with E-state index in [9.17, 15) is 36.6 Å². The van der Waals surface area contributed by atoms with Crippen molar-refractivity contribution in [1.82, 2.24) is 5.32 Å². The van der Waals surface area contributed by atoms with Crippen LogP contribution in [0.5, 0.6) is 5.75 Å². The number of carboxylic acid groups (broad SMARTS) is 1. The zero-order valence-corrected chi connectivity index (χ0v) is 20.0. The number of amides is 1. The van der Waals surface area contributed by atoms with Gasteiger partial charge in [-0.2, -0.15) is 13.2 Å². The van der Waals surface area contributed by atoms with Crippen LogP contribution in [-0.2, 0) is 17.6 Å². The summed E-state index contributed by atoms with van der Waals surface area (Å²) in [7, 11) is 0. The number of fused-ring (bicyclic) bond motifs is 1. The van der Waals surface area contributed by atoms with Gasteiger partial charge in [0.25, 0.3) is 5.91 Å². The highest BCUT2D eigenvalue weighted by atomic mass is 79.9. The predicted molar refractivity (Wildman–Crippen MR) is 121 cm³/mol. The molecule has 3 N–H and O–H groups in total.